The molecule has 1 heterocycles. The zero-order valence-electron chi connectivity index (χ0n) is 13.6. The predicted molar refractivity (Wildman–Crippen MR) is 89.2 cm³/mol. The number of thioether (sulfide) groups is 1. The number of hydrogen-bond donors (Lipinski definition) is 1. The number of aryl methyl sites for hydroxylation is 1. The molecule has 1 aromatic heterocycles. The molecule has 1 unspecified atom stereocenters. The van der Waals surface area contributed by atoms with Crippen LogP contribution < -0.4 is 10.9 Å². The quantitative estimate of drug-likeness (QED) is 0.667. The van der Waals surface area contributed by atoms with E-state index in [1.54, 1.807) is 13.1 Å². The number of carbonyl (C=O) groups excluding carboxylic acids is 1. The van der Waals surface area contributed by atoms with Gasteiger partial charge in [0.05, 0.1) is 5.25 Å². The van der Waals surface area contributed by atoms with Crippen LogP contribution in [0.3, 0.4) is 0 Å². The van der Waals surface area contributed by atoms with Crippen molar-refractivity contribution in [1.82, 2.24) is 14.9 Å². The number of carbonyl (C=O) groups is 1. The second-order valence-electron chi connectivity index (χ2n) is 5.88. The Labute approximate surface area is 135 Å². The van der Waals surface area contributed by atoms with Gasteiger partial charge in [0.15, 0.2) is 5.16 Å². The normalized spacial score (nSPS) is 17.2. The van der Waals surface area contributed by atoms with Crippen LogP contribution >= 0.6 is 11.8 Å². The van der Waals surface area contributed by atoms with E-state index < -0.39 is 0 Å². The van der Waals surface area contributed by atoms with Crippen molar-refractivity contribution in [3.8, 4) is 0 Å². The van der Waals surface area contributed by atoms with E-state index >= 15 is 0 Å². The number of nitrogens with one attached hydrogen (secondary N) is 1. The van der Waals surface area contributed by atoms with Crippen LogP contribution in [0.1, 0.15) is 51.6 Å². The molecule has 1 saturated carbocycles. The highest BCUT2D eigenvalue weighted by molar-refractivity contribution is 8.00. The lowest BCUT2D eigenvalue weighted by Gasteiger charge is -2.24. The van der Waals surface area contributed by atoms with Crippen LogP contribution in [-0.2, 0) is 18.3 Å². The topological polar surface area (TPSA) is 64.0 Å². The van der Waals surface area contributed by atoms with Crippen molar-refractivity contribution in [2.45, 2.75) is 68.8 Å². The van der Waals surface area contributed by atoms with Gasteiger partial charge >= 0.3 is 0 Å². The summed E-state index contributed by atoms with van der Waals surface area (Å²) in [6.07, 6.45) is 6.53. The highest BCUT2D eigenvalue weighted by atomic mass is 32.2. The Morgan fingerprint density at radius 1 is 1.45 bits per heavy atom. The van der Waals surface area contributed by atoms with Crippen molar-refractivity contribution in [1.29, 1.82) is 0 Å². The molecule has 0 bridgehead atoms. The zero-order chi connectivity index (χ0) is 16.1. The fourth-order valence-corrected chi connectivity index (χ4v) is 3.54. The van der Waals surface area contributed by atoms with Crippen LogP contribution in [0.25, 0.3) is 0 Å². The van der Waals surface area contributed by atoms with E-state index in [0.29, 0.717) is 17.6 Å². The molecule has 0 aliphatic heterocycles. The first-order chi connectivity index (χ1) is 10.5. The third-order valence-electron chi connectivity index (χ3n) is 4.11. The van der Waals surface area contributed by atoms with E-state index in [1.165, 1.54) is 35.6 Å². The average Bonchev–Trinajstić information content (AvgIpc) is 2.52. The van der Waals surface area contributed by atoms with Gasteiger partial charge in [-0.25, -0.2) is 4.98 Å². The summed E-state index contributed by atoms with van der Waals surface area (Å²) in [5.74, 6) is 0.0352. The first-order valence-electron chi connectivity index (χ1n) is 8.05. The third-order valence-corrected chi connectivity index (χ3v) is 5.26. The van der Waals surface area contributed by atoms with E-state index in [9.17, 15) is 9.59 Å². The van der Waals surface area contributed by atoms with E-state index in [-0.39, 0.29) is 16.7 Å². The molecule has 0 radical (unpaired) electrons. The minimum atomic E-state index is -0.257. The molecular formula is C16H25N3O2S. The first kappa shape index (κ1) is 17.1. The van der Waals surface area contributed by atoms with Gasteiger partial charge in [-0.15, -0.1) is 0 Å². The summed E-state index contributed by atoms with van der Waals surface area (Å²) in [6.45, 7) is 3.84. The monoisotopic (exact) mass is 323 g/mol. The SMILES string of the molecule is CCc1cc(=O)n(C)c(SC(C)C(=O)NC2CCCCC2)n1. The molecule has 122 valence electrons. The van der Waals surface area contributed by atoms with Crippen molar-refractivity contribution in [2.75, 3.05) is 0 Å². The molecular weight excluding hydrogens is 298 g/mol. The molecule has 1 fully saturated rings. The Morgan fingerprint density at radius 2 is 2.14 bits per heavy atom. The highest BCUT2D eigenvalue weighted by Crippen LogP contribution is 2.22. The fraction of sp³-hybridized carbons (Fsp3) is 0.688. The minimum absolute atomic E-state index is 0.0352. The average molecular weight is 323 g/mol. The van der Waals surface area contributed by atoms with Crippen LogP contribution in [0, 0.1) is 0 Å². The van der Waals surface area contributed by atoms with Crippen LogP contribution in [0.5, 0.6) is 0 Å². The second-order valence-corrected chi connectivity index (χ2v) is 7.19. The summed E-state index contributed by atoms with van der Waals surface area (Å²) in [5.41, 5.74) is 0.694. The maximum absolute atomic E-state index is 12.3. The van der Waals surface area contributed by atoms with Gasteiger partial charge in [0.25, 0.3) is 5.56 Å². The molecule has 0 saturated heterocycles. The lowest BCUT2D eigenvalue weighted by molar-refractivity contribution is -0.121. The van der Waals surface area contributed by atoms with Crippen LogP contribution in [0.4, 0.5) is 0 Å². The molecule has 1 atom stereocenters. The highest BCUT2D eigenvalue weighted by Gasteiger charge is 2.21. The lowest BCUT2D eigenvalue weighted by Crippen LogP contribution is -2.40. The maximum atomic E-state index is 12.3. The van der Waals surface area contributed by atoms with Gasteiger partial charge in [-0.3, -0.25) is 14.2 Å². The molecule has 1 aliphatic rings. The van der Waals surface area contributed by atoms with E-state index in [0.717, 1.165) is 18.5 Å². The maximum Gasteiger partial charge on any atom is 0.254 e. The Balaban J connectivity index is 2.01. The molecule has 1 amide bonds. The molecule has 5 nitrogen and oxygen atoms in total. The Hall–Kier alpha value is -1.30. The first-order valence-corrected chi connectivity index (χ1v) is 8.93. The Morgan fingerprint density at radius 3 is 2.77 bits per heavy atom. The molecule has 0 aromatic carbocycles. The van der Waals surface area contributed by atoms with E-state index in [1.807, 2.05) is 13.8 Å². The molecule has 1 aliphatic carbocycles. The number of nitrogens with zero attached hydrogens (tertiary/aromatic N) is 2. The van der Waals surface area contributed by atoms with E-state index in [4.69, 9.17) is 0 Å². The van der Waals surface area contributed by atoms with Crippen molar-refractivity contribution in [2.24, 2.45) is 7.05 Å². The van der Waals surface area contributed by atoms with Crippen molar-refractivity contribution >= 4 is 17.7 Å². The summed E-state index contributed by atoms with van der Waals surface area (Å²) in [7, 11) is 1.70. The standard InChI is InChI=1S/C16H25N3O2S/c1-4-12-10-14(20)19(3)16(18-12)22-11(2)15(21)17-13-8-6-5-7-9-13/h10-11,13H,4-9H2,1-3H3,(H,17,21). The minimum Gasteiger partial charge on any atom is -0.352 e. The summed E-state index contributed by atoms with van der Waals surface area (Å²) in [5, 5.41) is 3.48. The molecule has 2 rings (SSSR count). The summed E-state index contributed by atoms with van der Waals surface area (Å²) < 4.78 is 1.51. The smallest absolute Gasteiger partial charge is 0.254 e. The van der Waals surface area contributed by atoms with E-state index in [2.05, 4.69) is 10.3 Å². The second kappa shape index (κ2) is 7.81. The molecule has 1 aromatic rings. The van der Waals surface area contributed by atoms with Crippen molar-refractivity contribution < 1.29 is 4.79 Å². The zero-order valence-corrected chi connectivity index (χ0v) is 14.4. The van der Waals surface area contributed by atoms with Gasteiger partial charge < -0.3 is 5.32 Å². The molecule has 1 N–H and O–H groups in total. The molecule has 22 heavy (non-hydrogen) atoms. The Kier molecular flexibility index (Phi) is 6.06. The van der Waals surface area contributed by atoms with Gasteiger partial charge in [-0.05, 0) is 26.2 Å². The van der Waals surface area contributed by atoms with Crippen LogP contribution in [0.2, 0.25) is 0 Å². The van der Waals surface area contributed by atoms with Crippen molar-refractivity contribution in [3.05, 3.63) is 22.1 Å². The summed E-state index contributed by atoms with van der Waals surface area (Å²) in [4.78, 5) is 28.7. The summed E-state index contributed by atoms with van der Waals surface area (Å²) >= 11 is 1.35. The van der Waals surface area contributed by atoms with Crippen LogP contribution in [0.15, 0.2) is 16.0 Å². The van der Waals surface area contributed by atoms with Gasteiger partial charge in [0, 0.05) is 24.8 Å². The number of amides is 1. The predicted octanol–water partition coefficient (Wildman–Crippen LogP) is 2.27. The number of hydrogen-bond acceptors (Lipinski definition) is 4. The van der Waals surface area contributed by atoms with Gasteiger partial charge in [0.2, 0.25) is 5.91 Å². The van der Waals surface area contributed by atoms with Gasteiger partial charge in [0.1, 0.15) is 0 Å². The largest absolute Gasteiger partial charge is 0.352 e. The van der Waals surface area contributed by atoms with Gasteiger partial charge in [-0.1, -0.05) is 37.9 Å². The number of aromatic nitrogens is 2. The van der Waals surface area contributed by atoms with Crippen molar-refractivity contribution in [3.63, 3.8) is 0 Å². The molecule has 6 heteroatoms. The third kappa shape index (κ3) is 4.35. The van der Waals surface area contributed by atoms with Crippen LogP contribution in [-0.4, -0.2) is 26.8 Å². The summed E-state index contributed by atoms with van der Waals surface area (Å²) in [6, 6.07) is 1.86. The fourth-order valence-electron chi connectivity index (χ4n) is 2.63. The number of rotatable bonds is 5. The van der Waals surface area contributed by atoms with Gasteiger partial charge in [-0.2, -0.15) is 0 Å². The lowest BCUT2D eigenvalue weighted by atomic mass is 9.95. The Bertz CT molecular complexity index is 579. The molecule has 0 spiro atoms.